The zero-order chi connectivity index (χ0) is 23.2. The summed E-state index contributed by atoms with van der Waals surface area (Å²) in [4.78, 5) is 39.3. The topological polar surface area (TPSA) is 71.4 Å². The molecular formula is C25H22BrN3O3. The van der Waals surface area contributed by atoms with Crippen molar-refractivity contribution in [2.45, 2.75) is 27.7 Å². The monoisotopic (exact) mass is 491 g/mol. The number of halogens is 1. The zero-order valence-corrected chi connectivity index (χ0v) is 19.8. The van der Waals surface area contributed by atoms with Crippen LogP contribution in [-0.4, -0.2) is 22.4 Å². The van der Waals surface area contributed by atoms with Crippen molar-refractivity contribution in [3.63, 3.8) is 0 Å². The van der Waals surface area contributed by atoms with E-state index in [1.165, 1.54) is 0 Å². The Bertz CT molecular complexity index is 1320. The number of aromatic nitrogens is 1. The second-order valence-electron chi connectivity index (χ2n) is 7.89. The zero-order valence-electron chi connectivity index (χ0n) is 18.2. The highest BCUT2D eigenvalue weighted by Crippen LogP contribution is 2.28. The molecule has 32 heavy (non-hydrogen) atoms. The molecule has 6 nitrogen and oxygen atoms in total. The van der Waals surface area contributed by atoms with Crippen LogP contribution in [-0.2, 0) is 9.59 Å². The Morgan fingerprint density at radius 3 is 2.34 bits per heavy atom. The highest BCUT2D eigenvalue weighted by molar-refractivity contribution is 9.10. The van der Waals surface area contributed by atoms with Crippen LogP contribution in [0.3, 0.4) is 0 Å². The normalized spacial score (nSPS) is 15.5. The molecule has 0 radical (unpaired) electrons. The standard InChI is InChI=1S/C25H22BrN3O3/c1-14-6-5-7-19(10-14)28-16(3)12-18(17(28)4)13-21-23(30)27-25(32)29(24(21)31)20-8-9-22(26)15(2)11-20/h5-13H,1-4H3,(H,27,30,32)/b21-13+. The van der Waals surface area contributed by atoms with Crippen molar-refractivity contribution < 1.29 is 14.4 Å². The number of barbiturate groups is 1. The number of urea groups is 1. The minimum atomic E-state index is -0.760. The maximum atomic E-state index is 13.2. The minimum Gasteiger partial charge on any atom is -0.318 e. The van der Waals surface area contributed by atoms with Crippen LogP contribution in [0.4, 0.5) is 10.5 Å². The third-order valence-corrected chi connectivity index (χ3v) is 6.42. The molecule has 0 unspecified atom stereocenters. The summed E-state index contributed by atoms with van der Waals surface area (Å²) in [6, 6.07) is 14.4. The quantitative estimate of drug-likeness (QED) is 0.407. The highest BCUT2D eigenvalue weighted by Gasteiger charge is 2.37. The van der Waals surface area contributed by atoms with Gasteiger partial charge in [-0.2, -0.15) is 0 Å². The summed E-state index contributed by atoms with van der Waals surface area (Å²) < 4.78 is 2.94. The van der Waals surface area contributed by atoms with E-state index in [9.17, 15) is 14.4 Å². The molecule has 3 aromatic rings. The Balaban J connectivity index is 1.77. The van der Waals surface area contributed by atoms with Gasteiger partial charge in [-0.25, -0.2) is 9.69 Å². The molecule has 1 aliphatic rings. The average Bonchev–Trinajstić information content (AvgIpc) is 3.00. The second-order valence-corrected chi connectivity index (χ2v) is 8.75. The Kier molecular flexibility index (Phi) is 5.60. The Morgan fingerprint density at radius 1 is 0.906 bits per heavy atom. The van der Waals surface area contributed by atoms with Crippen molar-refractivity contribution in [2.75, 3.05) is 4.90 Å². The van der Waals surface area contributed by atoms with Gasteiger partial charge in [-0.15, -0.1) is 0 Å². The van der Waals surface area contributed by atoms with Crippen molar-refractivity contribution in [3.8, 4) is 5.69 Å². The number of anilines is 1. The SMILES string of the molecule is Cc1cccc(-n2c(C)cc(/C=C3\C(=O)NC(=O)N(c4ccc(Br)c(C)c4)C3=O)c2C)c1. The van der Waals surface area contributed by atoms with Crippen LogP contribution in [0.2, 0.25) is 0 Å². The largest absolute Gasteiger partial charge is 0.335 e. The summed E-state index contributed by atoms with van der Waals surface area (Å²) in [6.45, 7) is 7.80. The molecule has 4 rings (SSSR count). The summed E-state index contributed by atoms with van der Waals surface area (Å²) in [6.07, 6.45) is 1.55. The molecule has 1 aliphatic heterocycles. The van der Waals surface area contributed by atoms with Gasteiger partial charge < -0.3 is 4.57 Å². The van der Waals surface area contributed by atoms with E-state index in [1.807, 2.05) is 52.0 Å². The lowest BCUT2D eigenvalue weighted by Gasteiger charge is -2.26. The summed E-state index contributed by atoms with van der Waals surface area (Å²) in [5, 5.41) is 2.28. The van der Waals surface area contributed by atoms with Crippen molar-refractivity contribution >= 4 is 45.5 Å². The fourth-order valence-corrected chi connectivity index (χ4v) is 4.16. The van der Waals surface area contributed by atoms with Crippen LogP contribution >= 0.6 is 15.9 Å². The summed E-state index contributed by atoms with van der Waals surface area (Å²) in [5.41, 5.74) is 5.92. The number of carbonyl (C=O) groups excluding carboxylic acids is 3. The minimum absolute atomic E-state index is 0.0883. The van der Waals surface area contributed by atoms with E-state index in [0.717, 1.165) is 43.1 Å². The van der Waals surface area contributed by atoms with Crippen LogP contribution in [0.5, 0.6) is 0 Å². The lowest BCUT2D eigenvalue weighted by atomic mass is 10.1. The number of aryl methyl sites for hydroxylation is 3. The third kappa shape index (κ3) is 3.80. The molecule has 0 spiro atoms. The molecule has 1 aromatic heterocycles. The van der Waals surface area contributed by atoms with Crippen LogP contribution in [0, 0.1) is 27.7 Å². The van der Waals surface area contributed by atoms with Crippen LogP contribution in [0.25, 0.3) is 11.8 Å². The lowest BCUT2D eigenvalue weighted by molar-refractivity contribution is -0.122. The summed E-state index contributed by atoms with van der Waals surface area (Å²) in [7, 11) is 0. The predicted molar refractivity (Wildman–Crippen MR) is 128 cm³/mol. The van der Waals surface area contributed by atoms with Crippen LogP contribution in [0.15, 0.2) is 58.6 Å². The van der Waals surface area contributed by atoms with Gasteiger partial charge in [0.15, 0.2) is 0 Å². The molecule has 1 saturated heterocycles. The van der Waals surface area contributed by atoms with Crippen molar-refractivity contribution in [2.24, 2.45) is 0 Å². The van der Waals surface area contributed by atoms with Gasteiger partial charge in [-0.1, -0.05) is 28.1 Å². The fraction of sp³-hybridized carbons (Fsp3) is 0.160. The molecule has 0 atom stereocenters. The van der Waals surface area contributed by atoms with Gasteiger partial charge in [0.25, 0.3) is 11.8 Å². The molecule has 0 bridgehead atoms. The number of nitrogens with zero attached hydrogens (tertiary/aromatic N) is 2. The van der Waals surface area contributed by atoms with Gasteiger partial charge in [0.05, 0.1) is 5.69 Å². The van der Waals surface area contributed by atoms with E-state index >= 15 is 0 Å². The van der Waals surface area contributed by atoms with Crippen molar-refractivity contribution in [1.29, 1.82) is 0 Å². The number of rotatable bonds is 3. The maximum absolute atomic E-state index is 13.2. The molecule has 0 aliphatic carbocycles. The molecule has 4 amide bonds. The Hall–Kier alpha value is -3.45. The number of nitrogens with one attached hydrogen (secondary N) is 1. The maximum Gasteiger partial charge on any atom is 0.335 e. The van der Waals surface area contributed by atoms with Gasteiger partial charge in [0.1, 0.15) is 5.57 Å². The molecule has 2 heterocycles. The molecule has 2 aromatic carbocycles. The number of amides is 4. The van der Waals surface area contributed by atoms with E-state index in [1.54, 1.807) is 24.3 Å². The molecule has 162 valence electrons. The van der Waals surface area contributed by atoms with Gasteiger partial charge >= 0.3 is 6.03 Å². The first-order valence-corrected chi connectivity index (χ1v) is 10.9. The number of imide groups is 2. The highest BCUT2D eigenvalue weighted by atomic mass is 79.9. The van der Waals surface area contributed by atoms with E-state index < -0.39 is 17.8 Å². The lowest BCUT2D eigenvalue weighted by Crippen LogP contribution is -2.54. The van der Waals surface area contributed by atoms with Crippen molar-refractivity contribution in [1.82, 2.24) is 9.88 Å². The van der Waals surface area contributed by atoms with Gasteiger partial charge in [-0.3, -0.25) is 14.9 Å². The predicted octanol–water partition coefficient (Wildman–Crippen LogP) is 5.14. The van der Waals surface area contributed by atoms with Crippen molar-refractivity contribution in [3.05, 3.63) is 86.7 Å². The Labute approximate surface area is 194 Å². The second kappa shape index (κ2) is 8.24. The molecule has 0 saturated carbocycles. The van der Waals surface area contributed by atoms with Gasteiger partial charge in [0.2, 0.25) is 0 Å². The molecule has 1 fully saturated rings. The van der Waals surface area contributed by atoms with Crippen LogP contribution < -0.4 is 10.2 Å². The van der Waals surface area contributed by atoms with Gasteiger partial charge in [-0.05, 0) is 86.9 Å². The number of hydrogen-bond donors (Lipinski definition) is 1. The molecule has 7 heteroatoms. The first kappa shape index (κ1) is 21.8. The average molecular weight is 492 g/mol. The van der Waals surface area contributed by atoms with E-state index in [-0.39, 0.29) is 5.57 Å². The number of carbonyl (C=O) groups is 3. The first-order chi connectivity index (χ1) is 15.2. The van der Waals surface area contributed by atoms with Gasteiger partial charge in [0, 0.05) is 21.5 Å². The number of benzene rings is 2. The van der Waals surface area contributed by atoms with E-state index in [4.69, 9.17) is 0 Å². The molecular weight excluding hydrogens is 470 g/mol. The first-order valence-electron chi connectivity index (χ1n) is 10.1. The Morgan fingerprint density at radius 2 is 1.66 bits per heavy atom. The summed E-state index contributed by atoms with van der Waals surface area (Å²) in [5.74, 6) is -1.36. The molecule has 1 N–H and O–H groups in total. The summed E-state index contributed by atoms with van der Waals surface area (Å²) >= 11 is 3.42. The van der Waals surface area contributed by atoms with E-state index in [0.29, 0.717) is 5.69 Å². The number of hydrogen-bond acceptors (Lipinski definition) is 3. The third-order valence-electron chi connectivity index (χ3n) is 5.53. The van der Waals surface area contributed by atoms with E-state index in [2.05, 4.69) is 31.9 Å². The van der Waals surface area contributed by atoms with Crippen LogP contribution in [0.1, 0.15) is 28.1 Å². The fourth-order valence-electron chi connectivity index (χ4n) is 3.91. The smallest absolute Gasteiger partial charge is 0.318 e.